The van der Waals surface area contributed by atoms with Gasteiger partial charge in [0.05, 0.1) is 13.2 Å². The van der Waals surface area contributed by atoms with Crippen LogP contribution in [-0.2, 0) is 4.74 Å². The van der Waals surface area contributed by atoms with Crippen LogP contribution in [0.25, 0.3) is 0 Å². The topological polar surface area (TPSA) is 12.5 Å². The summed E-state index contributed by atoms with van der Waals surface area (Å²) in [5.74, 6) is 0. The third-order valence-electron chi connectivity index (χ3n) is 1.87. The largest absolute Gasteiger partial charge is 0.379 e. The molecule has 2 nitrogen and oxygen atoms in total. The molecule has 0 aromatic carbocycles. The average molecular weight is 153 g/mol. The van der Waals surface area contributed by atoms with E-state index in [4.69, 9.17) is 4.74 Å². The van der Waals surface area contributed by atoms with E-state index in [9.17, 15) is 0 Å². The first-order valence-corrected chi connectivity index (χ1v) is 3.98. The van der Waals surface area contributed by atoms with E-state index in [-0.39, 0.29) is 0 Å². The molecule has 11 heavy (non-hydrogen) atoms. The normalized spacial score (nSPS) is 19.4. The summed E-state index contributed by atoms with van der Waals surface area (Å²) in [6.45, 7) is 10.5. The lowest BCUT2D eigenvalue weighted by Crippen LogP contribution is -2.37. The molecule has 0 unspecified atom stereocenters. The van der Waals surface area contributed by atoms with E-state index in [1.54, 1.807) is 0 Å². The second-order valence-electron chi connectivity index (χ2n) is 2.85. The Kier molecular flexibility index (Phi) is 3.37. The molecule has 1 saturated heterocycles. The van der Waals surface area contributed by atoms with Gasteiger partial charge in [-0.3, -0.25) is 4.90 Å². The summed E-state index contributed by atoms with van der Waals surface area (Å²) in [7, 11) is 0. The molecular weight excluding hydrogens is 138 g/mol. The van der Waals surface area contributed by atoms with E-state index in [1.165, 1.54) is 5.57 Å². The highest BCUT2D eigenvalue weighted by molar-refractivity contribution is 4.97. The van der Waals surface area contributed by atoms with E-state index < -0.39 is 0 Å². The average Bonchev–Trinajstić information content (AvgIpc) is 2.06. The Bertz CT molecular complexity index is 164. The van der Waals surface area contributed by atoms with Crippen LogP contribution in [0.3, 0.4) is 0 Å². The fourth-order valence-electron chi connectivity index (χ4n) is 1.15. The predicted octanol–water partition coefficient (Wildman–Crippen LogP) is 1.05. The van der Waals surface area contributed by atoms with Gasteiger partial charge in [0.2, 0.25) is 0 Å². The summed E-state index contributed by atoms with van der Waals surface area (Å²) >= 11 is 0. The molecule has 1 heterocycles. The predicted molar refractivity (Wildman–Crippen MR) is 45.6 cm³/mol. The van der Waals surface area contributed by atoms with Crippen molar-refractivity contribution in [2.75, 3.05) is 32.8 Å². The smallest absolute Gasteiger partial charge is 0.0594 e. The van der Waals surface area contributed by atoms with Crippen molar-refractivity contribution in [3.05, 3.63) is 17.9 Å². The van der Waals surface area contributed by atoms with Crippen LogP contribution in [0, 0.1) is 0 Å². The van der Waals surface area contributed by atoms with Crippen LogP contribution in [0.5, 0.6) is 0 Å². The summed E-state index contributed by atoms with van der Waals surface area (Å²) in [4.78, 5) is 2.36. The molecule has 62 valence electrons. The Morgan fingerprint density at radius 3 is 2.73 bits per heavy atom. The minimum Gasteiger partial charge on any atom is -0.379 e. The third kappa shape index (κ3) is 2.89. The van der Waals surface area contributed by atoms with Crippen molar-refractivity contribution in [3.63, 3.8) is 0 Å². The Balaban J connectivity index is 2.30. The Morgan fingerprint density at radius 1 is 1.55 bits per heavy atom. The van der Waals surface area contributed by atoms with Crippen molar-refractivity contribution in [2.45, 2.75) is 6.92 Å². The van der Waals surface area contributed by atoms with Gasteiger partial charge in [-0.2, -0.15) is 0 Å². The van der Waals surface area contributed by atoms with Gasteiger partial charge in [-0.25, -0.2) is 0 Å². The molecule has 1 fully saturated rings. The zero-order chi connectivity index (χ0) is 8.10. The van der Waals surface area contributed by atoms with Crippen molar-refractivity contribution in [1.82, 2.24) is 4.90 Å². The minimum absolute atomic E-state index is 0.865. The molecule has 1 aliphatic rings. The van der Waals surface area contributed by atoms with Crippen molar-refractivity contribution in [2.24, 2.45) is 0 Å². The molecule has 2 heteroatoms. The molecule has 1 aliphatic heterocycles. The van der Waals surface area contributed by atoms with E-state index in [1.807, 2.05) is 0 Å². The molecule has 0 aromatic rings. The lowest BCUT2D eigenvalue weighted by atomic mass is 10.3. The second kappa shape index (κ2) is 4.35. The maximum Gasteiger partial charge on any atom is 0.0594 e. The van der Waals surface area contributed by atoms with E-state index in [0.29, 0.717) is 0 Å². The number of hydrogen-bond acceptors (Lipinski definition) is 2. The quantitative estimate of drug-likeness (QED) is 0.550. The first-order valence-electron chi connectivity index (χ1n) is 3.98. The summed E-state index contributed by atoms with van der Waals surface area (Å²) in [5, 5.41) is 0. The fourth-order valence-corrected chi connectivity index (χ4v) is 1.15. The van der Waals surface area contributed by atoms with Crippen LogP contribution in [0.4, 0.5) is 0 Å². The van der Waals surface area contributed by atoms with Crippen LogP contribution in [0.2, 0.25) is 0 Å². The van der Waals surface area contributed by atoms with Gasteiger partial charge in [-0.1, -0.05) is 6.58 Å². The molecule has 0 radical (unpaired) electrons. The monoisotopic (exact) mass is 153 g/mol. The van der Waals surface area contributed by atoms with Gasteiger partial charge in [-0.15, -0.1) is 5.73 Å². The molecule has 0 spiro atoms. The van der Waals surface area contributed by atoms with Crippen molar-refractivity contribution in [1.29, 1.82) is 0 Å². The maximum atomic E-state index is 5.23. The summed E-state index contributed by atoms with van der Waals surface area (Å²) < 4.78 is 5.23. The maximum absolute atomic E-state index is 5.23. The summed E-state index contributed by atoms with van der Waals surface area (Å²) in [6.07, 6.45) is 0. The lowest BCUT2D eigenvalue weighted by Gasteiger charge is -2.26. The zero-order valence-corrected chi connectivity index (χ0v) is 7.10. The molecule has 0 aromatic heterocycles. The number of ether oxygens (including phenoxy) is 1. The Labute approximate surface area is 68.1 Å². The van der Waals surface area contributed by atoms with Gasteiger partial charge in [0.15, 0.2) is 0 Å². The zero-order valence-electron chi connectivity index (χ0n) is 7.10. The number of hydrogen-bond donors (Lipinski definition) is 0. The molecule has 0 aliphatic carbocycles. The van der Waals surface area contributed by atoms with Crippen molar-refractivity contribution >= 4 is 0 Å². The van der Waals surface area contributed by atoms with Crippen LogP contribution in [0.1, 0.15) is 6.92 Å². The standard InChI is InChI=1S/C9H15NO/c1-3-9(2)8-10-4-6-11-7-5-10/h1,4-8H2,2H3. The van der Waals surface area contributed by atoms with Crippen molar-refractivity contribution in [3.8, 4) is 0 Å². The third-order valence-corrected chi connectivity index (χ3v) is 1.87. The molecule has 0 bridgehead atoms. The van der Waals surface area contributed by atoms with Crippen LogP contribution in [0.15, 0.2) is 17.9 Å². The molecule has 0 N–H and O–H groups in total. The molecule has 1 rings (SSSR count). The molecule has 0 atom stereocenters. The molecular formula is C9H15NO. The minimum atomic E-state index is 0.865. The number of nitrogens with zero attached hydrogens (tertiary/aromatic N) is 1. The first-order chi connectivity index (χ1) is 5.33. The SMILES string of the molecule is C=C=C(C)CN1CCOCC1. The Morgan fingerprint density at radius 2 is 2.18 bits per heavy atom. The number of rotatable bonds is 2. The molecule has 0 amide bonds. The summed E-state index contributed by atoms with van der Waals surface area (Å²) in [5.41, 5.74) is 4.11. The molecule has 0 saturated carbocycles. The van der Waals surface area contributed by atoms with Gasteiger partial charge in [-0.05, 0) is 12.5 Å². The summed E-state index contributed by atoms with van der Waals surface area (Å²) in [6, 6.07) is 0. The van der Waals surface area contributed by atoms with Gasteiger partial charge >= 0.3 is 0 Å². The fraction of sp³-hybridized carbons (Fsp3) is 0.667. The first kappa shape index (κ1) is 8.54. The highest BCUT2D eigenvalue weighted by Gasteiger charge is 2.09. The highest BCUT2D eigenvalue weighted by atomic mass is 16.5. The van der Waals surface area contributed by atoms with Crippen LogP contribution >= 0.6 is 0 Å². The van der Waals surface area contributed by atoms with E-state index in [2.05, 4.69) is 24.1 Å². The van der Waals surface area contributed by atoms with Crippen LogP contribution in [-0.4, -0.2) is 37.7 Å². The van der Waals surface area contributed by atoms with E-state index in [0.717, 1.165) is 32.8 Å². The lowest BCUT2D eigenvalue weighted by molar-refractivity contribution is 0.0423. The highest BCUT2D eigenvalue weighted by Crippen LogP contribution is 2.00. The van der Waals surface area contributed by atoms with Gasteiger partial charge in [0.25, 0.3) is 0 Å². The second-order valence-corrected chi connectivity index (χ2v) is 2.85. The van der Waals surface area contributed by atoms with Crippen molar-refractivity contribution < 1.29 is 4.74 Å². The van der Waals surface area contributed by atoms with Gasteiger partial charge < -0.3 is 4.74 Å². The number of morpholine rings is 1. The van der Waals surface area contributed by atoms with Gasteiger partial charge in [0, 0.05) is 19.6 Å². The van der Waals surface area contributed by atoms with Crippen LogP contribution < -0.4 is 0 Å². The van der Waals surface area contributed by atoms with Gasteiger partial charge in [0.1, 0.15) is 0 Å². The van der Waals surface area contributed by atoms with E-state index >= 15 is 0 Å². The Hall–Kier alpha value is -0.560.